The summed E-state index contributed by atoms with van der Waals surface area (Å²) in [7, 11) is -4.32. The van der Waals surface area contributed by atoms with Crippen molar-refractivity contribution in [1.82, 2.24) is 0 Å². The van der Waals surface area contributed by atoms with Gasteiger partial charge in [0.25, 0.3) is 0 Å². The standard InChI is InChI=1S/C22H38O4S/c1-5-8-10-12-15-19-16-14-18-21(20(19)17-13-11-9-6-2)26-22(4,7-3)27(23,24)25/h14,16,18H,5-13,15,17H2,1-4H3,(H,23,24,25). The molecule has 0 spiro atoms. The number of rotatable bonds is 14. The Morgan fingerprint density at radius 3 is 2.04 bits per heavy atom. The SMILES string of the molecule is CCCCCCc1cccc(OC(C)(CC)S(=O)(=O)O)c1CCCCCC. The lowest BCUT2D eigenvalue weighted by atomic mass is 9.95. The van der Waals surface area contributed by atoms with Crippen molar-refractivity contribution in [2.75, 3.05) is 0 Å². The molecule has 5 heteroatoms. The number of ether oxygens (including phenoxy) is 1. The van der Waals surface area contributed by atoms with E-state index in [0.717, 1.165) is 37.7 Å². The monoisotopic (exact) mass is 398 g/mol. The summed E-state index contributed by atoms with van der Waals surface area (Å²) in [6.07, 6.45) is 11.4. The first kappa shape index (κ1) is 24.0. The highest BCUT2D eigenvalue weighted by atomic mass is 32.2. The third-order valence-corrected chi connectivity index (χ3v) is 6.79. The topological polar surface area (TPSA) is 63.6 Å². The molecule has 0 heterocycles. The lowest BCUT2D eigenvalue weighted by molar-refractivity contribution is 0.153. The van der Waals surface area contributed by atoms with Gasteiger partial charge in [0.2, 0.25) is 4.93 Å². The maximum Gasteiger partial charge on any atom is 0.306 e. The molecular weight excluding hydrogens is 360 g/mol. The van der Waals surface area contributed by atoms with Crippen molar-refractivity contribution in [1.29, 1.82) is 0 Å². The molecule has 1 unspecified atom stereocenters. The van der Waals surface area contributed by atoms with Crippen molar-refractivity contribution in [2.45, 2.75) is 103 Å². The van der Waals surface area contributed by atoms with Crippen LogP contribution in [0.4, 0.5) is 0 Å². The zero-order valence-corrected chi connectivity index (χ0v) is 18.4. The molecule has 0 fully saturated rings. The zero-order valence-electron chi connectivity index (χ0n) is 17.6. The predicted octanol–water partition coefficient (Wildman–Crippen LogP) is 6.33. The molecule has 0 saturated heterocycles. The smallest absolute Gasteiger partial charge is 0.306 e. The van der Waals surface area contributed by atoms with Crippen molar-refractivity contribution in [3.8, 4) is 5.75 Å². The van der Waals surface area contributed by atoms with Crippen molar-refractivity contribution >= 4 is 10.1 Å². The summed E-state index contributed by atoms with van der Waals surface area (Å²) in [6, 6.07) is 5.90. The summed E-state index contributed by atoms with van der Waals surface area (Å²) in [5.74, 6) is 0.599. The second-order valence-corrected chi connectivity index (χ2v) is 9.39. The average Bonchev–Trinajstić information content (AvgIpc) is 2.62. The van der Waals surface area contributed by atoms with Crippen LogP contribution in [0.15, 0.2) is 18.2 Å². The van der Waals surface area contributed by atoms with E-state index in [1.807, 2.05) is 12.1 Å². The Kier molecular flexibility index (Phi) is 10.4. The third-order valence-electron chi connectivity index (χ3n) is 5.32. The van der Waals surface area contributed by atoms with Crippen molar-refractivity contribution < 1.29 is 17.7 Å². The van der Waals surface area contributed by atoms with E-state index in [4.69, 9.17) is 4.74 Å². The van der Waals surface area contributed by atoms with E-state index < -0.39 is 15.1 Å². The van der Waals surface area contributed by atoms with Crippen LogP contribution >= 0.6 is 0 Å². The third kappa shape index (κ3) is 7.46. The number of unbranched alkanes of at least 4 members (excludes halogenated alkanes) is 6. The minimum atomic E-state index is -4.32. The molecule has 1 aromatic rings. The van der Waals surface area contributed by atoms with E-state index in [0.29, 0.717) is 5.75 Å². The van der Waals surface area contributed by atoms with Gasteiger partial charge in [0.1, 0.15) is 5.75 Å². The summed E-state index contributed by atoms with van der Waals surface area (Å²) in [6.45, 7) is 7.55. The summed E-state index contributed by atoms with van der Waals surface area (Å²) >= 11 is 0. The van der Waals surface area contributed by atoms with Crippen LogP contribution in [0.3, 0.4) is 0 Å². The van der Waals surface area contributed by atoms with Gasteiger partial charge in [0.05, 0.1) is 0 Å². The Labute approximate surface area is 166 Å². The minimum Gasteiger partial charge on any atom is -0.469 e. The van der Waals surface area contributed by atoms with Crippen molar-refractivity contribution in [3.63, 3.8) is 0 Å². The molecule has 0 aromatic heterocycles. The summed E-state index contributed by atoms with van der Waals surface area (Å²) in [5, 5.41) is 0. The van der Waals surface area contributed by atoms with Crippen LogP contribution in [-0.2, 0) is 23.0 Å². The average molecular weight is 399 g/mol. The molecule has 1 N–H and O–H groups in total. The van der Waals surface area contributed by atoms with Gasteiger partial charge in [-0.15, -0.1) is 0 Å². The lowest BCUT2D eigenvalue weighted by Gasteiger charge is -2.28. The molecule has 0 radical (unpaired) electrons. The summed E-state index contributed by atoms with van der Waals surface area (Å²) < 4.78 is 39.3. The fourth-order valence-corrected chi connectivity index (χ4v) is 3.80. The fraction of sp³-hybridized carbons (Fsp3) is 0.727. The Bertz CT molecular complexity index is 654. The van der Waals surface area contributed by atoms with Gasteiger partial charge in [-0.3, -0.25) is 4.55 Å². The second-order valence-electron chi connectivity index (χ2n) is 7.58. The molecule has 27 heavy (non-hydrogen) atoms. The van der Waals surface area contributed by atoms with Crippen LogP contribution in [0, 0.1) is 0 Å². The second kappa shape index (κ2) is 11.7. The number of benzene rings is 1. The highest BCUT2D eigenvalue weighted by molar-refractivity contribution is 7.87. The van der Waals surface area contributed by atoms with E-state index in [1.165, 1.54) is 44.6 Å². The molecule has 1 aromatic carbocycles. The molecule has 0 saturated carbocycles. The fourth-order valence-electron chi connectivity index (χ4n) is 3.24. The molecule has 0 aliphatic heterocycles. The van der Waals surface area contributed by atoms with E-state index in [-0.39, 0.29) is 6.42 Å². The van der Waals surface area contributed by atoms with Crippen molar-refractivity contribution in [3.05, 3.63) is 29.3 Å². The van der Waals surface area contributed by atoms with Gasteiger partial charge in [0.15, 0.2) is 0 Å². The number of hydrogen-bond acceptors (Lipinski definition) is 3. The van der Waals surface area contributed by atoms with Crippen LogP contribution in [0.2, 0.25) is 0 Å². The van der Waals surface area contributed by atoms with Gasteiger partial charge in [-0.25, -0.2) is 0 Å². The Hall–Kier alpha value is -1.07. The lowest BCUT2D eigenvalue weighted by Crippen LogP contribution is -2.40. The Morgan fingerprint density at radius 1 is 0.926 bits per heavy atom. The summed E-state index contributed by atoms with van der Waals surface area (Å²) in [4.78, 5) is -1.62. The van der Waals surface area contributed by atoms with Gasteiger partial charge >= 0.3 is 10.1 Å². The first-order valence-electron chi connectivity index (χ1n) is 10.6. The van der Waals surface area contributed by atoms with E-state index in [1.54, 1.807) is 6.92 Å². The highest BCUT2D eigenvalue weighted by Crippen LogP contribution is 2.32. The molecule has 0 amide bonds. The maximum atomic E-state index is 11.9. The molecular formula is C22H38O4S. The van der Waals surface area contributed by atoms with Gasteiger partial charge in [-0.2, -0.15) is 8.42 Å². The normalized spacial score (nSPS) is 14.1. The van der Waals surface area contributed by atoms with E-state index in [2.05, 4.69) is 19.9 Å². The minimum absolute atomic E-state index is 0.182. The molecule has 156 valence electrons. The van der Waals surface area contributed by atoms with Crippen LogP contribution in [0.1, 0.15) is 96.6 Å². The van der Waals surface area contributed by atoms with E-state index in [9.17, 15) is 13.0 Å². The van der Waals surface area contributed by atoms with Gasteiger partial charge in [-0.05, 0) is 49.8 Å². The predicted molar refractivity (Wildman–Crippen MR) is 113 cm³/mol. The summed E-state index contributed by atoms with van der Waals surface area (Å²) in [5.41, 5.74) is 2.35. The number of hydrogen-bond donors (Lipinski definition) is 1. The largest absolute Gasteiger partial charge is 0.469 e. The van der Waals surface area contributed by atoms with Crippen LogP contribution < -0.4 is 4.74 Å². The van der Waals surface area contributed by atoms with Crippen LogP contribution in [0.25, 0.3) is 0 Å². The Morgan fingerprint density at radius 2 is 1.52 bits per heavy atom. The molecule has 0 aliphatic rings. The van der Waals surface area contributed by atoms with E-state index >= 15 is 0 Å². The molecule has 4 nitrogen and oxygen atoms in total. The maximum absolute atomic E-state index is 11.9. The molecule has 1 atom stereocenters. The quantitative estimate of drug-likeness (QED) is 0.294. The first-order chi connectivity index (χ1) is 12.8. The number of aryl methyl sites for hydroxylation is 1. The van der Waals surface area contributed by atoms with Crippen molar-refractivity contribution in [2.24, 2.45) is 0 Å². The van der Waals surface area contributed by atoms with Gasteiger partial charge in [0, 0.05) is 6.42 Å². The highest BCUT2D eigenvalue weighted by Gasteiger charge is 2.39. The zero-order chi connectivity index (χ0) is 20.3. The molecule has 1 rings (SSSR count). The molecule has 0 bridgehead atoms. The molecule has 0 aliphatic carbocycles. The van der Waals surface area contributed by atoms with Gasteiger partial charge in [-0.1, -0.05) is 71.4 Å². The van der Waals surface area contributed by atoms with Crippen LogP contribution in [-0.4, -0.2) is 17.9 Å². The Balaban J connectivity index is 3.09. The first-order valence-corrected chi connectivity index (χ1v) is 12.0. The van der Waals surface area contributed by atoms with Gasteiger partial charge < -0.3 is 4.74 Å². The van der Waals surface area contributed by atoms with Crippen LogP contribution in [0.5, 0.6) is 5.75 Å².